The molecular weight excluding hydrogens is 250 g/mol. The van der Waals surface area contributed by atoms with Crippen molar-refractivity contribution in [3.63, 3.8) is 0 Å². The van der Waals surface area contributed by atoms with Gasteiger partial charge >= 0.3 is 0 Å². The summed E-state index contributed by atoms with van der Waals surface area (Å²) in [5, 5.41) is 2.90. The Morgan fingerprint density at radius 1 is 1.30 bits per heavy atom. The third kappa shape index (κ3) is 3.95. The maximum atomic E-state index is 11.8. The molecule has 4 heteroatoms. The number of nitrogen functional groups attached to an aromatic ring is 1. The topological polar surface area (TPSA) is 68.0 Å². The summed E-state index contributed by atoms with van der Waals surface area (Å²) in [5.74, 6) is -0.141. The number of pyridine rings is 1. The number of carbonyl (C=O) groups excluding carboxylic acids is 1. The standard InChI is InChI=1S/C16H17N3O/c1-12(14-5-7-15(17)8-6-14)19-16(20)9-4-13-3-2-10-18-11-13/h2-12H,17H2,1H3,(H,19,20)/b9-4+. The fourth-order valence-corrected chi connectivity index (χ4v) is 1.78. The molecule has 1 aromatic heterocycles. The Labute approximate surface area is 118 Å². The number of hydrogen-bond donors (Lipinski definition) is 2. The number of hydrogen-bond acceptors (Lipinski definition) is 3. The Morgan fingerprint density at radius 3 is 2.70 bits per heavy atom. The number of nitrogens with two attached hydrogens (primary N) is 1. The average Bonchev–Trinajstić information content (AvgIpc) is 2.47. The minimum atomic E-state index is -0.141. The van der Waals surface area contributed by atoms with Crippen LogP contribution in [0.3, 0.4) is 0 Å². The molecule has 1 aromatic carbocycles. The summed E-state index contributed by atoms with van der Waals surface area (Å²) in [7, 11) is 0. The monoisotopic (exact) mass is 267 g/mol. The van der Waals surface area contributed by atoms with Crippen molar-refractivity contribution in [1.29, 1.82) is 0 Å². The number of carbonyl (C=O) groups is 1. The van der Waals surface area contributed by atoms with Crippen molar-refractivity contribution in [3.05, 3.63) is 66.0 Å². The van der Waals surface area contributed by atoms with Crippen LogP contribution in [0.25, 0.3) is 6.08 Å². The highest BCUT2D eigenvalue weighted by molar-refractivity contribution is 5.91. The first-order valence-corrected chi connectivity index (χ1v) is 6.39. The van der Waals surface area contributed by atoms with Gasteiger partial charge in [-0.2, -0.15) is 0 Å². The first kappa shape index (κ1) is 13.8. The molecule has 1 heterocycles. The van der Waals surface area contributed by atoms with Gasteiger partial charge in [-0.15, -0.1) is 0 Å². The lowest BCUT2D eigenvalue weighted by Crippen LogP contribution is -2.24. The van der Waals surface area contributed by atoms with Crippen LogP contribution in [0, 0.1) is 0 Å². The summed E-state index contributed by atoms with van der Waals surface area (Å²) >= 11 is 0. The van der Waals surface area contributed by atoms with Gasteiger partial charge < -0.3 is 11.1 Å². The van der Waals surface area contributed by atoms with Crippen molar-refractivity contribution < 1.29 is 4.79 Å². The lowest BCUT2D eigenvalue weighted by molar-refractivity contribution is -0.117. The zero-order chi connectivity index (χ0) is 14.4. The van der Waals surface area contributed by atoms with Gasteiger partial charge in [0.05, 0.1) is 6.04 Å². The summed E-state index contributed by atoms with van der Waals surface area (Å²) in [6.45, 7) is 1.93. The Balaban J connectivity index is 1.94. The van der Waals surface area contributed by atoms with Crippen LogP contribution >= 0.6 is 0 Å². The van der Waals surface area contributed by atoms with Crippen molar-refractivity contribution in [3.8, 4) is 0 Å². The van der Waals surface area contributed by atoms with E-state index in [4.69, 9.17) is 5.73 Å². The van der Waals surface area contributed by atoms with Gasteiger partial charge in [-0.1, -0.05) is 18.2 Å². The Bertz CT molecular complexity index is 591. The molecule has 0 radical (unpaired) electrons. The summed E-state index contributed by atoms with van der Waals surface area (Å²) in [6.07, 6.45) is 6.64. The summed E-state index contributed by atoms with van der Waals surface area (Å²) in [4.78, 5) is 15.8. The van der Waals surface area contributed by atoms with Gasteiger partial charge in [-0.25, -0.2) is 0 Å². The maximum absolute atomic E-state index is 11.8. The first-order chi connectivity index (χ1) is 9.65. The molecular formula is C16H17N3O. The maximum Gasteiger partial charge on any atom is 0.244 e. The molecule has 0 bridgehead atoms. The Hall–Kier alpha value is -2.62. The van der Waals surface area contributed by atoms with E-state index in [1.54, 1.807) is 18.5 Å². The van der Waals surface area contributed by atoms with E-state index in [-0.39, 0.29) is 11.9 Å². The second-order valence-electron chi connectivity index (χ2n) is 4.52. The van der Waals surface area contributed by atoms with Crippen LogP contribution in [0.4, 0.5) is 5.69 Å². The highest BCUT2D eigenvalue weighted by Crippen LogP contribution is 2.14. The van der Waals surface area contributed by atoms with Crippen LogP contribution in [0.1, 0.15) is 24.1 Å². The fourth-order valence-electron chi connectivity index (χ4n) is 1.78. The van der Waals surface area contributed by atoms with Gasteiger partial charge in [0, 0.05) is 24.2 Å². The quantitative estimate of drug-likeness (QED) is 0.660. The SMILES string of the molecule is CC(NC(=O)/C=C/c1cccnc1)c1ccc(N)cc1. The third-order valence-corrected chi connectivity index (χ3v) is 2.91. The highest BCUT2D eigenvalue weighted by atomic mass is 16.1. The molecule has 0 spiro atoms. The molecule has 0 aliphatic carbocycles. The van der Waals surface area contributed by atoms with E-state index in [9.17, 15) is 4.79 Å². The summed E-state index contributed by atoms with van der Waals surface area (Å²) < 4.78 is 0. The van der Waals surface area contributed by atoms with Crippen LogP contribution in [0.5, 0.6) is 0 Å². The molecule has 4 nitrogen and oxygen atoms in total. The number of rotatable bonds is 4. The highest BCUT2D eigenvalue weighted by Gasteiger charge is 2.06. The minimum Gasteiger partial charge on any atom is -0.399 e. The van der Waals surface area contributed by atoms with Crippen LogP contribution in [-0.4, -0.2) is 10.9 Å². The molecule has 0 saturated carbocycles. The molecule has 2 rings (SSSR count). The number of aromatic nitrogens is 1. The molecule has 1 unspecified atom stereocenters. The van der Waals surface area contributed by atoms with Crippen LogP contribution in [0.2, 0.25) is 0 Å². The van der Waals surface area contributed by atoms with E-state index < -0.39 is 0 Å². The fraction of sp³-hybridized carbons (Fsp3) is 0.125. The molecule has 2 aromatic rings. The van der Waals surface area contributed by atoms with Gasteiger partial charge in [0.1, 0.15) is 0 Å². The third-order valence-electron chi connectivity index (χ3n) is 2.91. The molecule has 0 fully saturated rings. The van der Waals surface area contributed by atoms with Crippen molar-refractivity contribution in [2.45, 2.75) is 13.0 Å². The molecule has 0 aliphatic heterocycles. The molecule has 20 heavy (non-hydrogen) atoms. The van der Waals surface area contributed by atoms with Crippen molar-refractivity contribution >= 4 is 17.7 Å². The van der Waals surface area contributed by atoms with Gasteiger partial charge in [0.2, 0.25) is 5.91 Å². The van der Waals surface area contributed by atoms with E-state index in [2.05, 4.69) is 10.3 Å². The normalized spacial score (nSPS) is 12.2. The Morgan fingerprint density at radius 2 is 2.05 bits per heavy atom. The van der Waals surface area contributed by atoms with Crippen molar-refractivity contribution in [2.75, 3.05) is 5.73 Å². The molecule has 3 N–H and O–H groups in total. The summed E-state index contributed by atoms with van der Waals surface area (Å²) in [6, 6.07) is 11.1. The number of nitrogens with one attached hydrogen (secondary N) is 1. The number of anilines is 1. The van der Waals surface area contributed by atoms with Crippen LogP contribution in [0.15, 0.2) is 54.9 Å². The van der Waals surface area contributed by atoms with E-state index >= 15 is 0 Å². The van der Waals surface area contributed by atoms with E-state index in [1.165, 1.54) is 6.08 Å². The second-order valence-corrected chi connectivity index (χ2v) is 4.52. The van der Waals surface area contributed by atoms with Crippen molar-refractivity contribution in [1.82, 2.24) is 10.3 Å². The molecule has 0 saturated heterocycles. The molecule has 102 valence electrons. The van der Waals surface area contributed by atoms with Gasteiger partial charge in [-0.05, 0) is 42.3 Å². The average molecular weight is 267 g/mol. The number of amides is 1. The predicted octanol–water partition coefficient (Wildman–Crippen LogP) is 2.55. The molecule has 1 amide bonds. The summed E-state index contributed by atoms with van der Waals surface area (Å²) in [5.41, 5.74) is 8.26. The molecule has 1 atom stereocenters. The van der Waals surface area contributed by atoms with E-state index in [0.29, 0.717) is 5.69 Å². The van der Waals surface area contributed by atoms with Crippen molar-refractivity contribution in [2.24, 2.45) is 0 Å². The lowest BCUT2D eigenvalue weighted by atomic mass is 10.1. The van der Waals surface area contributed by atoms with E-state index in [1.807, 2.05) is 43.3 Å². The number of nitrogens with zero attached hydrogens (tertiary/aromatic N) is 1. The Kier molecular flexibility index (Phi) is 4.50. The zero-order valence-electron chi connectivity index (χ0n) is 11.3. The minimum absolute atomic E-state index is 0.0679. The van der Waals surface area contributed by atoms with Crippen LogP contribution in [-0.2, 0) is 4.79 Å². The van der Waals surface area contributed by atoms with Crippen LogP contribution < -0.4 is 11.1 Å². The van der Waals surface area contributed by atoms with Gasteiger partial charge in [0.25, 0.3) is 0 Å². The lowest BCUT2D eigenvalue weighted by Gasteiger charge is -2.13. The predicted molar refractivity (Wildman–Crippen MR) is 80.7 cm³/mol. The second kappa shape index (κ2) is 6.52. The zero-order valence-corrected chi connectivity index (χ0v) is 11.3. The van der Waals surface area contributed by atoms with Gasteiger partial charge in [-0.3, -0.25) is 9.78 Å². The van der Waals surface area contributed by atoms with Gasteiger partial charge in [0.15, 0.2) is 0 Å². The largest absolute Gasteiger partial charge is 0.399 e. The smallest absolute Gasteiger partial charge is 0.244 e. The van der Waals surface area contributed by atoms with E-state index in [0.717, 1.165) is 11.1 Å². The molecule has 0 aliphatic rings. The first-order valence-electron chi connectivity index (χ1n) is 6.39. The number of benzene rings is 1.